The van der Waals surface area contributed by atoms with Crippen LogP contribution < -0.4 is 4.74 Å². The van der Waals surface area contributed by atoms with Crippen molar-refractivity contribution in [2.24, 2.45) is 0 Å². The average molecular weight is 428 g/mol. The topological polar surface area (TPSA) is 68.5 Å². The van der Waals surface area contributed by atoms with Crippen molar-refractivity contribution in [1.82, 2.24) is 4.57 Å². The molecule has 5 heteroatoms. The molecule has 0 aliphatic rings. The van der Waals surface area contributed by atoms with E-state index < -0.39 is 5.97 Å². The maximum Gasteiger partial charge on any atom is 0.335 e. The number of ketones is 1. The number of carbonyl (C=O) groups is 2. The van der Waals surface area contributed by atoms with Crippen LogP contribution in [-0.2, 0) is 16.8 Å². The zero-order valence-corrected chi connectivity index (χ0v) is 18.1. The Morgan fingerprint density at radius 2 is 1.59 bits per heavy atom. The second-order valence-corrected chi connectivity index (χ2v) is 8.37. The highest BCUT2D eigenvalue weighted by atomic mass is 16.5. The molecule has 3 aromatic carbocycles. The quantitative estimate of drug-likeness (QED) is 0.414. The van der Waals surface area contributed by atoms with Gasteiger partial charge in [-0.25, -0.2) is 4.79 Å². The molecule has 0 unspecified atom stereocenters. The lowest BCUT2D eigenvalue weighted by Crippen LogP contribution is -2.19. The smallest absolute Gasteiger partial charge is 0.335 e. The predicted molar refractivity (Wildman–Crippen MR) is 124 cm³/mol. The van der Waals surface area contributed by atoms with E-state index in [1.807, 2.05) is 48.5 Å². The summed E-state index contributed by atoms with van der Waals surface area (Å²) < 4.78 is 7.52. The van der Waals surface area contributed by atoms with E-state index in [1.165, 1.54) is 11.1 Å². The van der Waals surface area contributed by atoms with Gasteiger partial charge in [-0.2, -0.15) is 0 Å². The van der Waals surface area contributed by atoms with Gasteiger partial charge in [-0.3, -0.25) is 4.79 Å². The monoisotopic (exact) mass is 427 g/mol. The van der Waals surface area contributed by atoms with Crippen molar-refractivity contribution < 1.29 is 19.4 Å². The number of hydrogen-bond acceptors (Lipinski definition) is 3. The predicted octanol–water partition coefficient (Wildman–Crippen LogP) is 5.31. The van der Waals surface area contributed by atoms with Gasteiger partial charge in [0.15, 0.2) is 5.78 Å². The van der Waals surface area contributed by atoms with Gasteiger partial charge in [0, 0.05) is 22.5 Å². The summed E-state index contributed by atoms with van der Waals surface area (Å²) in [7, 11) is 0. The van der Waals surface area contributed by atoms with Gasteiger partial charge >= 0.3 is 5.97 Å². The first-order valence-electron chi connectivity index (χ1n) is 10.5. The maximum absolute atomic E-state index is 12.5. The molecule has 0 saturated carbocycles. The second kappa shape index (κ2) is 8.71. The average Bonchev–Trinajstić information content (AvgIpc) is 3.20. The summed E-state index contributed by atoms with van der Waals surface area (Å²) in [6.07, 6.45) is 1.79. The number of carboxylic acid groups (broad SMARTS) is 1. The molecule has 32 heavy (non-hydrogen) atoms. The number of benzene rings is 3. The van der Waals surface area contributed by atoms with Crippen LogP contribution in [0.1, 0.15) is 35.3 Å². The molecule has 162 valence electrons. The largest absolute Gasteiger partial charge is 0.486 e. The SMILES string of the molecule is CC(C)(c1ccccc1)c1ccc(OCC(=O)Cn2ccc3cc(C(=O)O)ccc32)cc1. The van der Waals surface area contributed by atoms with Gasteiger partial charge < -0.3 is 14.4 Å². The fraction of sp³-hybridized carbons (Fsp3) is 0.185. The number of aromatic nitrogens is 1. The Balaban J connectivity index is 1.38. The lowest BCUT2D eigenvalue weighted by atomic mass is 9.78. The summed E-state index contributed by atoms with van der Waals surface area (Å²) in [5, 5.41) is 9.90. The Hall–Kier alpha value is -3.86. The van der Waals surface area contributed by atoms with Crippen molar-refractivity contribution in [3.05, 3.63) is 102 Å². The van der Waals surface area contributed by atoms with Crippen molar-refractivity contribution in [2.45, 2.75) is 25.8 Å². The summed E-state index contributed by atoms with van der Waals surface area (Å²) >= 11 is 0. The van der Waals surface area contributed by atoms with Crippen molar-refractivity contribution >= 4 is 22.7 Å². The zero-order valence-electron chi connectivity index (χ0n) is 18.1. The third-order valence-electron chi connectivity index (χ3n) is 5.84. The number of fused-ring (bicyclic) bond motifs is 1. The van der Waals surface area contributed by atoms with E-state index in [0.717, 1.165) is 10.9 Å². The second-order valence-electron chi connectivity index (χ2n) is 8.37. The lowest BCUT2D eigenvalue weighted by molar-refractivity contribution is -0.121. The Kier molecular flexibility index (Phi) is 5.82. The Labute approximate surface area is 186 Å². The minimum Gasteiger partial charge on any atom is -0.486 e. The Bertz CT molecular complexity index is 1250. The normalized spacial score (nSPS) is 11.4. The highest BCUT2D eigenvalue weighted by molar-refractivity contribution is 5.94. The zero-order chi connectivity index (χ0) is 22.7. The molecule has 0 aliphatic carbocycles. The van der Waals surface area contributed by atoms with E-state index in [9.17, 15) is 9.59 Å². The summed E-state index contributed by atoms with van der Waals surface area (Å²) in [6, 6.07) is 24.9. The molecule has 0 bridgehead atoms. The van der Waals surface area contributed by atoms with Gasteiger partial charge in [0.1, 0.15) is 12.4 Å². The lowest BCUT2D eigenvalue weighted by Gasteiger charge is -2.26. The molecule has 1 N–H and O–H groups in total. The van der Waals surface area contributed by atoms with E-state index in [-0.39, 0.29) is 29.9 Å². The van der Waals surface area contributed by atoms with Crippen molar-refractivity contribution in [1.29, 1.82) is 0 Å². The van der Waals surface area contributed by atoms with E-state index in [0.29, 0.717) is 5.75 Å². The van der Waals surface area contributed by atoms with Crippen LogP contribution in [0.25, 0.3) is 10.9 Å². The fourth-order valence-corrected chi connectivity index (χ4v) is 3.86. The van der Waals surface area contributed by atoms with Crippen LogP contribution in [0.3, 0.4) is 0 Å². The van der Waals surface area contributed by atoms with Crippen LogP contribution in [-0.4, -0.2) is 28.0 Å². The molecular formula is C27H25NO4. The Morgan fingerprint density at radius 1 is 0.906 bits per heavy atom. The molecular weight excluding hydrogens is 402 g/mol. The van der Waals surface area contributed by atoms with E-state index in [4.69, 9.17) is 9.84 Å². The van der Waals surface area contributed by atoms with E-state index >= 15 is 0 Å². The number of hydrogen-bond donors (Lipinski definition) is 1. The van der Waals surface area contributed by atoms with Gasteiger partial charge in [0.25, 0.3) is 0 Å². The summed E-state index contributed by atoms with van der Waals surface area (Å²) in [5.41, 5.74) is 3.31. The van der Waals surface area contributed by atoms with Gasteiger partial charge in [0.05, 0.1) is 12.1 Å². The standard InChI is InChI=1S/C27H25NO4/c1-27(2,21-6-4-3-5-7-21)22-9-11-24(12-10-22)32-18-23(29)17-28-15-14-19-16-20(26(30)31)8-13-25(19)28/h3-16H,17-18H2,1-2H3,(H,30,31). The maximum atomic E-state index is 12.5. The number of Topliss-reactive ketones (excluding diaryl/α,β-unsaturated/α-hetero) is 1. The first-order valence-corrected chi connectivity index (χ1v) is 10.5. The third-order valence-corrected chi connectivity index (χ3v) is 5.84. The molecule has 4 aromatic rings. The molecule has 1 heterocycles. The van der Waals surface area contributed by atoms with Crippen molar-refractivity contribution in [2.75, 3.05) is 6.61 Å². The summed E-state index contributed by atoms with van der Waals surface area (Å²) in [6.45, 7) is 4.49. The van der Waals surface area contributed by atoms with Crippen LogP contribution in [0.15, 0.2) is 85.1 Å². The number of carbonyl (C=O) groups excluding carboxylic acids is 1. The van der Waals surface area contributed by atoms with Gasteiger partial charge in [-0.1, -0.05) is 56.3 Å². The van der Waals surface area contributed by atoms with E-state index in [1.54, 1.807) is 29.0 Å². The molecule has 4 rings (SSSR count). The van der Waals surface area contributed by atoms with Crippen molar-refractivity contribution in [3.8, 4) is 5.75 Å². The highest BCUT2D eigenvalue weighted by Gasteiger charge is 2.22. The van der Waals surface area contributed by atoms with Crippen LogP contribution in [0.2, 0.25) is 0 Å². The van der Waals surface area contributed by atoms with Gasteiger partial charge in [-0.05, 0) is 47.5 Å². The highest BCUT2D eigenvalue weighted by Crippen LogP contribution is 2.32. The molecule has 0 saturated heterocycles. The number of rotatable bonds is 8. The van der Waals surface area contributed by atoms with E-state index in [2.05, 4.69) is 26.0 Å². The first kappa shape index (κ1) is 21.4. The molecule has 0 fully saturated rings. The molecule has 5 nitrogen and oxygen atoms in total. The Morgan fingerprint density at radius 3 is 2.28 bits per heavy atom. The molecule has 0 atom stereocenters. The molecule has 0 aliphatic heterocycles. The number of nitrogens with zero attached hydrogens (tertiary/aromatic N) is 1. The summed E-state index contributed by atoms with van der Waals surface area (Å²) in [4.78, 5) is 23.6. The van der Waals surface area contributed by atoms with Crippen LogP contribution in [0.4, 0.5) is 0 Å². The van der Waals surface area contributed by atoms with Crippen LogP contribution in [0.5, 0.6) is 5.75 Å². The fourth-order valence-electron chi connectivity index (χ4n) is 3.86. The number of carboxylic acids is 1. The summed E-state index contributed by atoms with van der Waals surface area (Å²) in [5.74, 6) is -0.393. The number of aromatic carboxylic acids is 1. The van der Waals surface area contributed by atoms with Crippen LogP contribution >= 0.6 is 0 Å². The van der Waals surface area contributed by atoms with Crippen LogP contribution in [0, 0.1) is 0 Å². The molecule has 0 radical (unpaired) electrons. The molecule has 0 spiro atoms. The minimum atomic E-state index is -0.970. The third kappa shape index (κ3) is 4.42. The minimum absolute atomic E-state index is 0.0334. The van der Waals surface area contributed by atoms with Crippen molar-refractivity contribution in [3.63, 3.8) is 0 Å². The van der Waals surface area contributed by atoms with Gasteiger partial charge in [0.2, 0.25) is 0 Å². The number of ether oxygens (including phenoxy) is 1. The first-order chi connectivity index (χ1) is 15.3. The molecule has 1 aromatic heterocycles. The van der Waals surface area contributed by atoms with Gasteiger partial charge in [-0.15, -0.1) is 0 Å². The molecule has 0 amide bonds.